The van der Waals surface area contributed by atoms with Gasteiger partial charge >= 0.3 is 0 Å². The van der Waals surface area contributed by atoms with Crippen molar-refractivity contribution in [2.75, 3.05) is 14.2 Å². The molecule has 0 aliphatic heterocycles. The zero-order valence-electron chi connectivity index (χ0n) is 10.9. The lowest BCUT2D eigenvalue weighted by molar-refractivity contribution is 0.355. The van der Waals surface area contributed by atoms with Crippen LogP contribution in [0.1, 0.15) is 11.1 Å². The van der Waals surface area contributed by atoms with E-state index in [0.717, 1.165) is 27.1 Å². The van der Waals surface area contributed by atoms with Crippen molar-refractivity contribution in [1.29, 1.82) is 0 Å². The lowest BCUT2D eigenvalue weighted by Gasteiger charge is -2.07. The Morgan fingerprint density at radius 3 is 2.00 bits per heavy atom. The van der Waals surface area contributed by atoms with E-state index in [2.05, 4.69) is 34.1 Å². The first-order valence-corrected chi connectivity index (χ1v) is 6.68. The molecule has 0 spiro atoms. The molecule has 3 heteroatoms. The molecule has 0 unspecified atom stereocenters. The third-order valence-electron chi connectivity index (χ3n) is 2.75. The molecule has 0 saturated carbocycles. The first-order chi connectivity index (χ1) is 9.22. The molecule has 0 bridgehead atoms. The second-order valence-corrected chi connectivity index (χ2v) is 4.91. The zero-order valence-corrected chi connectivity index (χ0v) is 12.5. The van der Waals surface area contributed by atoms with E-state index < -0.39 is 0 Å². The van der Waals surface area contributed by atoms with E-state index in [0.29, 0.717) is 0 Å². The number of hydrogen-bond acceptors (Lipinski definition) is 2. The van der Waals surface area contributed by atoms with Crippen LogP contribution < -0.4 is 9.47 Å². The molecule has 0 fully saturated rings. The molecule has 0 aliphatic carbocycles. The Bertz CT molecular complexity index is 574. The number of hydrogen-bond donors (Lipinski definition) is 0. The van der Waals surface area contributed by atoms with Crippen LogP contribution in [-0.4, -0.2) is 14.2 Å². The molecule has 0 aliphatic rings. The van der Waals surface area contributed by atoms with Gasteiger partial charge in [0.05, 0.1) is 14.2 Å². The van der Waals surface area contributed by atoms with E-state index in [4.69, 9.17) is 9.47 Å². The Morgan fingerprint density at radius 1 is 0.789 bits per heavy atom. The lowest BCUT2D eigenvalue weighted by Crippen LogP contribution is -1.90. The summed E-state index contributed by atoms with van der Waals surface area (Å²) in [6.07, 6.45) is 4.11. The predicted octanol–water partition coefficient (Wildman–Crippen LogP) is 4.64. The quantitative estimate of drug-likeness (QED) is 0.765. The van der Waals surface area contributed by atoms with E-state index in [1.807, 2.05) is 36.4 Å². The van der Waals surface area contributed by atoms with Gasteiger partial charge in [-0.3, -0.25) is 0 Å². The van der Waals surface area contributed by atoms with Gasteiger partial charge in [-0.1, -0.05) is 46.3 Å². The van der Waals surface area contributed by atoms with Crippen molar-refractivity contribution in [3.63, 3.8) is 0 Å². The summed E-state index contributed by atoms with van der Waals surface area (Å²) in [7, 11) is 3.27. The van der Waals surface area contributed by atoms with Gasteiger partial charge in [0.25, 0.3) is 0 Å². The number of methoxy groups -OCH3 is 2. The third-order valence-corrected chi connectivity index (χ3v) is 3.27. The first kappa shape index (κ1) is 13.7. The number of benzene rings is 2. The van der Waals surface area contributed by atoms with Crippen LogP contribution in [0.25, 0.3) is 12.2 Å². The molecular formula is C16H15BrO2. The molecular weight excluding hydrogens is 304 g/mol. The normalized spacial score (nSPS) is 10.7. The first-order valence-electron chi connectivity index (χ1n) is 5.88. The van der Waals surface area contributed by atoms with Crippen LogP contribution in [-0.2, 0) is 0 Å². The van der Waals surface area contributed by atoms with Gasteiger partial charge in [0, 0.05) is 4.47 Å². The third kappa shape index (κ3) is 3.61. The standard InChI is InChI=1S/C16H15BrO2/c1-18-15-10-7-13(11-16(15)19-2)4-3-12-5-8-14(17)9-6-12/h3-11H,1-2H3/b4-3+. The summed E-state index contributed by atoms with van der Waals surface area (Å²) in [6.45, 7) is 0. The minimum absolute atomic E-state index is 0.737. The van der Waals surface area contributed by atoms with E-state index in [9.17, 15) is 0 Å². The van der Waals surface area contributed by atoms with Crippen molar-refractivity contribution in [3.05, 3.63) is 58.1 Å². The van der Waals surface area contributed by atoms with E-state index >= 15 is 0 Å². The van der Waals surface area contributed by atoms with Crippen molar-refractivity contribution in [2.24, 2.45) is 0 Å². The summed E-state index contributed by atoms with van der Waals surface area (Å²) in [6, 6.07) is 14.0. The van der Waals surface area contributed by atoms with Crippen molar-refractivity contribution >= 4 is 28.1 Å². The maximum atomic E-state index is 5.28. The molecule has 0 amide bonds. The molecule has 0 aromatic heterocycles. The van der Waals surface area contributed by atoms with Crippen molar-refractivity contribution in [2.45, 2.75) is 0 Å². The summed E-state index contributed by atoms with van der Waals surface area (Å²) < 4.78 is 11.6. The lowest BCUT2D eigenvalue weighted by atomic mass is 10.1. The summed E-state index contributed by atoms with van der Waals surface area (Å²) in [5.41, 5.74) is 2.22. The fourth-order valence-electron chi connectivity index (χ4n) is 1.72. The smallest absolute Gasteiger partial charge is 0.161 e. The highest BCUT2D eigenvalue weighted by Gasteiger charge is 2.02. The van der Waals surface area contributed by atoms with Crippen LogP contribution >= 0.6 is 15.9 Å². The fraction of sp³-hybridized carbons (Fsp3) is 0.125. The van der Waals surface area contributed by atoms with Gasteiger partial charge in [0.15, 0.2) is 11.5 Å². The van der Waals surface area contributed by atoms with Crippen LogP contribution in [0.4, 0.5) is 0 Å². The summed E-state index contributed by atoms with van der Waals surface area (Å²) in [5.74, 6) is 1.48. The molecule has 2 nitrogen and oxygen atoms in total. The molecule has 0 atom stereocenters. The van der Waals surface area contributed by atoms with Crippen molar-refractivity contribution < 1.29 is 9.47 Å². The topological polar surface area (TPSA) is 18.5 Å². The Morgan fingerprint density at radius 2 is 1.37 bits per heavy atom. The average Bonchev–Trinajstić information content (AvgIpc) is 2.46. The minimum Gasteiger partial charge on any atom is -0.493 e. The van der Waals surface area contributed by atoms with Crippen LogP contribution in [0.15, 0.2) is 46.9 Å². The minimum atomic E-state index is 0.737. The molecule has 0 radical (unpaired) electrons. The van der Waals surface area contributed by atoms with E-state index in [1.54, 1.807) is 14.2 Å². The number of halogens is 1. The van der Waals surface area contributed by atoms with Gasteiger partial charge in [-0.15, -0.1) is 0 Å². The Balaban J connectivity index is 2.21. The maximum absolute atomic E-state index is 5.28. The SMILES string of the molecule is COc1ccc(/C=C/c2ccc(Br)cc2)cc1OC. The molecule has 0 heterocycles. The fourth-order valence-corrected chi connectivity index (χ4v) is 1.99. The van der Waals surface area contributed by atoms with E-state index in [-0.39, 0.29) is 0 Å². The maximum Gasteiger partial charge on any atom is 0.161 e. The van der Waals surface area contributed by atoms with Gasteiger partial charge in [-0.25, -0.2) is 0 Å². The number of ether oxygens (including phenoxy) is 2. The molecule has 0 N–H and O–H groups in total. The van der Waals surface area contributed by atoms with Crippen molar-refractivity contribution in [3.8, 4) is 11.5 Å². The molecule has 2 aromatic rings. The van der Waals surface area contributed by atoms with Crippen LogP contribution in [0.3, 0.4) is 0 Å². The summed E-state index contributed by atoms with van der Waals surface area (Å²) in [5, 5.41) is 0. The van der Waals surface area contributed by atoms with Gasteiger partial charge in [0.1, 0.15) is 0 Å². The highest BCUT2D eigenvalue weighted by Crippen LogP contribution is 2.28. The second-order valence-electron chi connectivity index (χ2n) is 4.00. The monoisotopic (exact) mass is 318 g/mol. The van der Waals surface area contributed by atoms with E-state index in [1.165, 1.54) is 0 Å². The zero-order chi connectivity index (χ0) is 13.7. The average molecular weight is 319 g/mol. The van der Waals surface area contributed by atoms with Gasteiger partial charge in [-0.2, -0.15) is 0 Å². The summed E-state index contributed by atoms with van der Waals surface area (Å²) in [4.78, 5) is 0. The summed E-state index contributed by atoms with van der Waals surface area (Å²) >= 11 is 3.42. The van der Waals surface area contributed by atoms with Gasteiger partial charge < -0.3 is 9.47 Å². The second kappa shape index (κ2) is 6.43. The Hall–Kier alpha value is -1.74. The van der Waals surface area contributed by atoms with Gasteiger partial charge in [0.2, 0.25) is 0 Å². The molecule has 2 rings (SSSR count). The molecule has 2 aromatic carbocycles. The molecule has 0 saturated heterocycles. The largest absolute Gasteiger partial charge is 0.493 e. The van der Waals surface area contributed by atoms with Crippen LogP contribution in [0.2, 0.25) is 0 Å². The Kier molecular flexibility index (Phi) is 4.63. The molecule has 98 valence electrons. The highest BCUT2D eigenvalue weighted by molar-refractivity contribution is 9.10. The van der Waals surface area contributed by atoms with Gasteiger partial charge in [-0.05, 0) is 35.4 Å². The molecule has 19 heavy (non-hydrogen) atoms. The van der Waals surface area contributed by atoms with Crippen molar-refractivity contribution in [1.82, 2.24) is 0 Å². The predicted molar refractivity (Wildman–Crippen MR) is 82.6 cm³/mol. The highest BCUT2D eigenvalue weighted by atomic mass is 79.9. The number of rotatable bonds is 4. The Labute approximate surface area is 121 Å². The van der Waals surface area contributed by atoms with Crippen LogP contribution in [0.5, 0.6) is 11.5 Å². The van der Waals surface area contributed by atoms with Crippen LogP contribution in [0, 0.1) is 0 Å².